The Morgan fingerprint density at radius 3 is 2.48 bits per heavy atom. The van der Waals surface area contributed by atoms with Crippen molar-refractivity contribution in [2.75, 3.05) is 20.1 Å². The topological polar surface area (TPSA) is 95.6 Å². The second kappa shape index (κ2) is 8.39. The maximum atomic E-state index is 13.0. The number of aryl methyl sites for hydroxylation is 1. The molecular formula is C19H29N3O4S. The number of piperidine rings is 1. The van der Waals surface area contributed by atoms with E-state index in [1.165, 1.54) is 13.1 Å². The average Bonchev–Trinajstić information content (AvgIpc) is 2.63. The number of nitrogens with zero attached hydrogens (tertiary/aromatic N) is 1. The summed E-state index contributed by atoms with van der Waals surface area (Å²) >= 11 is 0. The zero-order valence-electron chi connectivity index (χ0n) is 16.6. The summed E-state index contributed by atoms with van der Waals surface area (Å²) in [4.78, 5) is 26.7. The zero-order valence-corrected chi connectivity index (χ0v) is 17.4. The molecule has 1 unspecified atom stereocenters. The van der Waals surface area contributed by atoms with Crippen LogP contribution in [0.2, 0.25) is 0 Å². The van der Waals surface area contributed by atoms with Crippen LogP contribution in [0.3, 0.4) is 0 Å². The van der Waals surface area contributed by atoms with E-state index >= 15 is 0 Å². The van der Waals surface area contributed by atoms with Crippen molar-refractivity contribution in [2.24, 2.45) is 5.92 Å². The van der Waals surface area contributed by atoms with Gasteiger partial charge in [-0.1, -0.05) is 13.8 Å². The van der Waals surface area contributed by atoms with Crippen molar-refractivity contribution >= 4 is 21.8 Å². The average molecular weight is 396 g/mol. The van der Waals surface area contributed by atoms with Crippen LogP contribution in [-0.4, -0.2) is 51.3 Å². The van der Waals surface area contributed by atoms with Gasteiger partial charge in [0.05, 0.1) is 4.90 Å². The van der Waals surface area contributed by atoms with Crippen LogP contribution in [0.1, 0.15) is 48.2 Å². The summed E-state index contributed by atoms with van der Waals surface area (Å²) in [5.41, 5.74) is 1.72. The van der Waals surface area contributed by atoms with Crippen LogP contribution in [0.15, 0.2) is 17.0 Å². The lowest BCUT2D eigenvalue weighted by molar-refractivity contribution is -0.125. The first-order valence-corrected chi connectivity index (χ1v) is 10.7. The van der Waals surface area contributed by atoms with Gasteiger partial charge in [-0.05, 0) is 57.0 Å². The van der Waals surface area contributed by atoms with E-state index in [1.54, 1.807) is 24.8 Å². The van der Waals surface area contributed by atoms with Crippen LogP contribution in [0.5, 0.6) is 0 Å². The predicted molar refractivity (Wildman–Crippen MR) is 104 cm³/mol. The lowest BCUT2D eigenvalue weighted by Gasteiger charge is -2.33. The van der Waals surface area contributed by atoms with Gasteiger partial charge in [0.25, 0.3) is 5.91 Å². The smallest absolute Gasteiger partial charge is 0.253 e. The largest absolute Gasteiger partial charge is 0.351 e. The van der Waals surface area contributed by atoms with Gasteiger partial charge in [0, 0.05) is 30.6 Å². The fraction of sp³-hybridized carbons (Fsp3) is 0.579. The van der Waals surface area contributed by atoms with Gasteiger partial charge in [-0.3, -0.25) is 9.59 Å². The molecule has 1 aliphatic heterocycles. The lowest BCUT2D eigenvalue weighted by Crippen LogP contribution is -2.50. The van der Waals surface area contributed by atoms with Gasteiger partial charge in [0.1, 0.15) is 0 Å². The first-order valence-electron chi connectivity index (χ1n) is 9.21. The fourth-order valence-electron chi connectivity index (χ4n) is 3.17. The van der Waals surface area contributed by atoms with Gasteiger partial charge in [0.2, 0.25) is 15.9 Å². The zero-order chi connectivity index (χ0) is 20.4. The molecule has 1 atom stereocenters. The lowest BCUT2D eigenvalue weighted by atomic mass is 10.0. The van der Waals surface area contributed by atoms with Gasteiger partial charge < -0.3 is 10.2 Å². The molecule has 1 aromatic rings. The summed E-state index contributed by atoms with van der Waals surface area (Å²) in [6.45, 7) is 8.21. The Morgan fingerprint density at radius 2 is 1.89 bits per heavy atom. The molecule has 1 aromatic carbocycles. The summed E-state index contributed by atoms with van der Waals surface area (Å²) < 4.78 is 26.9. The third-order valence-electron chi connectivity index (χ3n) is 5.00. The van der Waals surface area contributed by atoms with Crippen molar-refractivity contribution in [1.29, 1.82) is 0 Å². The first kappa shape index (κ1) is 21.4. The maximum absolute atomic E-state index is 13.0. The highest BCUT2D eigenvalue weighted by molar-refractivity contribution is 7.89. The normalized spacial score (nSPS) is 17.9. The molecule has 0 bridgehead atoms. The van der Waals surface area contributed by atoms with Crippen molar-refractivity contribution in [3.05, 3.63) is 28.8 Å². The number of amides is 2. The quantitative estimate of drug-likeness (QED) is 0.791. The van der Waals surface area contributed by atoms with E-state index in [-0.39, 0.29) is 28.7 Å². The van der Waals surface area contributed by atoms with Gasteiger partial charge in [-0.15, -0.1) is 0 Å². The number of carbonyl (C=O) groups is 2. The van der Waals surface area contributed by atoms with Crippen molar-refractivity contribution in [1.82, 2.24) is 14.9 Å². The Hall–Kier alpha value is -1.93. The third kappa shape index (κ3) is 4.87. The summed E-state index contributed by atoms with van der Waals surface area (Å²) in [5.74, 6) is -0.345. The number of hydrogen-bond donors (Lipinski definition) is 2. The molecule has 7 nitrogen and oxygen atoms in total. The van der Waals surface area contributed by atoms with Crippen LogP contribution in [-0.2, 0) is 14.8 Å². The third-order valence-corrected chi connectivity index (χ3v) is 6.54. The molecular weight excluding hydrogens is 366 g/mol. The van der Waals surface area contributed by atoms with Crippen LogP contribution in [0, 0.1) is 19.8 Å². The number of sulfonamides is 1. The van der Waals surface area contributed by atoms with Gasteiger partial charge in [0.15, 0.2) is 0 Å². The SMILES string of the molecule is CNS(=O)(=O)c1cc(C(=O)N2CCCC(NC(=O)C(C)C)C2)cc(C)c1C. The number of benzene rings is 1. The molecule has 0 spiro atoms. The molecule has 0 radical (unpaired) electrons. The monoisotopic (exact) mass is 395 g/mol. The molecule has 150 valence electrons. The van der Waals surface area contributed by atoms with Crippen LogP contribution in [0.25, 0.3) is 0 Å². The van der Waals surface area contributed by atoms with Crippen LogP contribution in [0.4, 0.5) is 0 Å². The summed E-state index contributed by atoms with van der Waals surface area (Å²) in [6, 6.07) is 3.08. The number of nitrogens with one attached hydrogen (secondary N) is 2. The van der Waals surface area contributed by atoms with Gasteiger partial charge in [-0.2, -0.15) is 0 Å². The number of carbonyl (C=O) groups excluding carboxylic acids is 2. The molecule has 1 fully saturated rings. The standard InChI is InChI=1S/C19H29N3O4S/c1-12(2)18(23)21-16-7-6-8-22(11-16)19(24)15-9-13(3)14(4)17(10-15)27(25,26)20-5/h9-10,12,16,20H,6-8,11H2,1-5H3,(H,21,23). The summed E-state index contributed by atoms with van der Waals surface area (Å²) in [6.07, 6.45) is 1.62. The van der Waals surface area contributed by atoms with Gasteiger partial charge in [-0.25, -0.2) is 13.1 Å². The molecule has 27 heavy (non-hydrogen) atoms. The van der Waals surface area contributed by atoms with Crippen molar-refractivity contribution < 1.29 is 18.0 Å². The maximum Gasteiger partial charge on any atom is 0.253 e. The first-order chi connectivity index (χ1) is 12.6. The van der Waals surface area contributed by atoms with Crippen molar-refractivity contribution in [3.8, 4) is 0 Å². The van der Waals surface area contributed by atoms with Crippen molar-refractivity contribution in [3.63, 3.8) is 0 Å². The Balaban J connectivity index is 2.26. The Bertz CT molecular complexity index is 834. The minimum Gasteiger partial charge on any atom is -0.351 e. The molecule has 0 aliphatic carbocycles. The van der Waals surface area contributed by atoms with Crippen LogP contribution < -0.4 is 10.0 Å². The van der Waals surface area contributed by atoms with E-state index in [0.29, 0.717) is 24.2 Å². The number of likely N-dealkylation sites (tertiary alicyclic amines) is 1. The molecule has 2 amide bonds. The fourth-order valence-corrected chi connectivity index (χ4v) is 4.24. The van der Waals surface area contributed by atoms with E-state index in [2.05, 4.69) is 10.0 Å². The van der Waals surface area contributed by atoms with E-state index in [0.717, 1.165) is 18.4 Å². The Kier molecular flexibility index (Phi) is 6.64. The second-order valence-corrected chi connectivity index (χ2v) is 9.23. The molecule has 2 rings (SSSR count). The van der Waals surface area contributed by atoms with Gasteiger partial charge >= 0.3 is 0 Å². The minimum absolute atomic E-state index is 0.0251. The molecule has 8 heteroatoms. The molecule has 0 aromatic heterocycles. The molecule has 0 saturated carbocycles. The van der Waals surface area contributed by atoms with E-state index < -0.39 is 10.0 Å². The highest BCUT2D eigenvalue weighted by Crippen LogP contribution is 2.23. The molecule has 1 heterocycles. The summed E-state index contributed by atoms with van der Waals surface area (Å²) in [7, 11) is -2.30. The minimum atomic E-state index is -3.65. The highest BCUT2D eigenvalue weighted by Gasteiger charge is 2.27. The summed E-state index contributed by atoms with van der Waals surface area (Å²) in [5, 5.41) is 2.98. The van der Waals surface area contributed by atoms with Crippen LogP contribution >= 0.6 is 0 Å². The number of hydrogen-bond acceptors (Lipinski definition) is 4. The second-order valence-electron chi connectivity index (χ2n) is 7.38. The van der Waals surface area contributed by atoms with E-state index in [4.69, 9.17) is 0 Å². The molecule has 1 aliphatic rings. The predicted octanol–water partition coefficient (Wildman–Crippen LogP) is 1.59. The molecule has 2 N–H and O–H groups in total. The highest BCUT2D eigenvalue weighted by atomic mass is 32.2. The Morgan fingerprint density at radius 1 is 1.22 bits per heavy atom. The Labute approximate surface area is 161 Å². The van der Waals surface area contributed by atoms with Crippen molar-refractivity contribution in [2.45, 2.75) is 51.5 Å². The van der Waals surface area contributed by atoms with E-state index in [1.807, 2.05) is 13.8 Å². The molecule has 1 saturated heterocycles. The number of rotatable bonds is 5. The van der Waals surface area contributed by atoms with E-state index in [9.17, 15) is 18.0 Å².